The van der Waals surface area contributed by atoms with E-state index in [0.29, 0.717) is 31.3 Å². The van der Waals surface area contributed by atoms with E-state index in [0.717, 1.165) is 12.0 Å². The second-order valence-electron chi connectivity index (χ2n) is 8.31. The first-order valence-electron chi connectivity index (χ1n) is 9.46. The smallest absolute Gasteiger partial charge is 0.241 e. The molecule has 0 unspecified atom stereocenters. The van der Waals surface area contributed by atoms with Gasteiger partial charge in [-0.15, -0.1) is 0 Å². The zero-order chi connectivity index (χ0) is 19.5. The van der Waals surface area contributed by atoms with E-state index in [1.165, 1.54) is 0 Å². The molecule has 0 radical (unpaired) electrons. The molecular weight excluding hydrogens is 348 g/mol. The Bertz CT molecular complexity index is 703. The van der Waals surface area contributed by atoms with Gasteiger partial charge in [-0.2, -0.15) is 4.72 Å². The third kappa shape index (κ3) is 5.55. The molecule has 1 saturated heterocycles. The predicted octanol–water partition coefficient (Wildman–Crippen LogP) is 3.19. The van der Waals surface area contributed by atoms with Gasteiger partial charge >= 0.3 is 0 Å². The van der Waals surface area contributed by atoms with Crippen molar-refractivity contribution in [1.29, 1.82) is 0 Å². The lowest BCUT2D eigenvalue weighted by atomic mass is 9.91. The van der Waals surface area contributed by atoms with Gasteiger partial charge in [0.05, 0.1) is 4.90 Å². The normalized spacial score (nSPS) is 22.5. The first-order valence-corrected chi connectivity index (χ1v) is 10.9. The van der Waals surface area contributed by atoms with E-state index in [-0.39, 0.29) is 16.7 Å². The maximum Gasteiger partial charge on any atom is 0.241 e. The number of hydrogen-bond donors (Lipinski definition) is 1. The highest BCUT2D eigenvalue weighted by Crippen LogP contribution is 2.23. The van der Waals surface area contributed by atoms with Crippen LogP contribution in [0, 0.1) is 24.7 Å². The minimum Gasteiger partial charge on any atom is -0.341 e. The van der Waals surface area contributed by atoms with Crippen LogP contribution in [0.3, 0.4) is 0 Å². The van der Waals surface area contributed by atoms with Crippen molar-refractivity contribution in [1.82, 2.24) is 9.62 Å². The number of amides is 1. The molecule has 0 spiro atoms. The summed E-state index contributed by atoms with van der Waals surface area (Å²) < 4.78 is 28.2. The van der Waals surface area contributed by atoms with Gasteiger partial charge in [-0.3, -0.25) is 4.79 Å². The van der Waals surface area contributed by atoms with E-state index in [1.807, 2.05) is 25.7 Å². The summed E-state index contributed by atoms with van der Waals surface area (Å²) in [4.78, 5) is 15.1. The van der Waals surface area contributed by atoms with E-state index in [4.69, 9.17) is 0 Å². The highest BCUT2D eigenvalue weighted by Gasteiger charge is 2.33. The van der Waals surface area contributed by atoms with Gasteiger partial charge in [-0.25, -0.2) is 8.42 Å². The number of carbonyl (C=O) groups excluding carboxylic acids is 1. The monoisotopic (exact) mass is 380 g/mol. The Hall–Kier alpha value is -1.40. The number of benzene rings is 1. The van der Waals surface area contributed by atoms with Crippen LogP contribution in [0.5, 0.6) is 0 Å². The molecule has 1 N–H and O–H groups in total. The molecule has 6 heteroatoms. The summed E-state index contributed by atoms with van der Waals surface area (Å²) in [6.45, 7) is 11.6. The molecular formula is C20H32N2O3S. The second kappa shape index (κ2) is 8.53. The summed E-state index contributed by atoms with van der Waals surface area (Å²) in [6, 6.07) is 5.97. The quantitative estimate of drug-likeness (QED) is 0.824. The van der Waals surface area contributed by atoms with Crippen molar-refractivity contribution in [2.45, 2.75) is 58.4 Å². The minimum atomic E-state index is -3.73. The summed E-state index contributed by atoms with van der Waals surface area (Å²) in [5.41, 5.74) is 0.995. The van der Waals surface area contributed by atoms with Crippen LogP contribution in [0.15, 0.2) is 29.2 Å². The highest BCUT2D eigenvalue weighted by atomic mass is 32.2. The Balaban J connectivity index is 2.21. The average Bonchev–Trinajstić information content (AvgIpc) is 2.52. The van der Waals surface area contributed by atoms with Crippen LogP contribution < -0.4 is 4.72 Å². The molecule has 1 aliphatic heterocycles. The number of hydrogen-bond acceptors (Lipinski definition) is 3. The van der Waals surface area contributed by atoms with E-state index < -0.39 is 16.1 Å². The van der Waals surface area contributed by atoms with E-state index in [2.05, 4.69) is 18.6 Å². The molecule has 26 heavy (non-hydrogen) atoms. The lowest BCUT2D eigenvalue weighted by Crippen LogP contribution is -2.52. The van der Waals surface area contributed by atoms with Crippen LogP contribution in [0.1, 0.15) is 46.1 Å². The number of aryl methyl sites for hydroxylation is 1. The minimum absolute atomic E-state index is 0.104. The zero-order valence-electron chi connectivity index (χ0n) is 16.5. The van der Waals surface area contributed by atoms with Gasteiger partial charge in [0.15, 0.2) is 0 Å². The summed E-state index contributed by atoms with van der Waals surface area (Å²) in [5.74, 6) is 0.990. The van der Waals surface area contributed by atoms with Gasteiger partial charge in [-0.05, 0) is 49.7 Å². The van der Waals surface area contributed by atoms with Crippen LogP contribution in [-0.4, -0.2) is 38.4 Å². The molecule has 1 heterocycles. The zero-order valence-corrected chi connectivity index (χ0v) is 17.3. The Morgan fingerprint density at radius 2 is 1.69 bits per heavy atom. The molecule has 3 atom stereocenters. The SMILES string of the molecule is Cc1ccc(S(=O)(=O)N[C@H](CC(C)C)C(=O)N2C[C@H](C)C[C@@H](C)C2)cc1. The number of carbonyl (C=O) groups is 1. The van der Waals surface area contributed by atoms with Crippen LogP contribution in [0.25, 0.3) is 0 Å². The van der Waals surface area contributed by atoms with Gasteiger partial charge in [0.25, 0.3) is 0 Å². The third-order valence-corrected chi connectivity index (χ3v) is 6.30. The molecule has 5 nitrogen and oxygen atoms in total. The topological polar surface area (TPSA) is 66.5 Å². The molecule has 1 aromatic rings. The molecule has 1 aromatic carbocycles. The summed E-state index contributed by atoms with van der Waals surface area (Å²) >= 11 is 0. The first kappa shape index (κ1) is 20.9. The lowest BCUT2D eigenvalue weighted by Gasteiger charge is -2.37. The van der Waals surface area contributed by atoms with Gasteiger partial charge < -0.3 is 4.90 Å². The third-order valence-electron chi connectivity index (χ3n) is 4.81. The van der Waals surface area contributed by atoms with Crippen LogP contribution >= 0.6 is 0 Å². The van der Waals surface area contributed by atoms with Gasteiger partial charge in [0, 0.05) is 13.1 Å². The fourth-order valence-corrected chi connectivity index (χ4v) is 4.91. The largest absolute Gasteiger partial charge is 0.341 e. The number of nitrogens with one attached hydrogen (secondary N) is 1. The summed E-state index contributed by atoms with van der Waals surface area (Å²) in [6.07, 6.45) is 1.59. The summed E-state index contributed by atoms with van der Waals surface area (Å²) in [7, 11) is -3.73. The number of sulfonamides is 1. The van der Waals surface area contributed by atoms with Crippen LogP contribution in [0.2, 0.25) is 0 Å². The predicted molar refractivity (Wildman–Crippen MR) is 104 cm³/mol. The lowest BCUT2D eigenvalue weighted by molar-refractivity contribution is -0.136. The average molecular weight is 381 g/mol. The van der Waals surface area contributed by atoms with Crippen molar-refractivity contribution in [3.05, 3.63) is 29.8 Å². The number of nitrogens with zero attached hydrogens (tertiary/aromatic N) is 1. The summed E-state index contributed by atoms with van der Waals surface area (Å²) in [5, 5.41) is 0. The molecule has 1 amide bonds. The van der Waals surface area contributed by atoms with Crippen LogP contribution in [-0.2, 0) is 14.8 Å². The standard InChI is InChI=1S/C20H32N2O3S/c1-14(2)10-19(20(23)22-12-16(4)11-17(5)13-22)21-26(24,25)18-8-6-15(3)7-9-18/h6-9,14,16-17,19,21H,10-13H2,1-5H3/t16-,17-,19-/m1/s1. The fraction of sp³-hybridized carbons (Fsp3) is 0.650. The molecule has 0 saturated carbocycles. The molecule has 1 fully saturated rings. The van der Waals surface area contributed by atoms with Crippen molar-refractivity contribution in [3.63, 3.8) is 0 Å². The molecule has 0 aliphatic carbocycles. The Morgan fingerprint density at radius 3 is 2.19 bits per heavy atom. The number of piperidine rings is 1. The molecule has 0 bridgehead atoms. The van der Waals surface area contributed by atoms with Gasteiger partial charge in [0.2, 0.25) is 15.9 Å². The van der Waals surface area contributed by atoms with E-state index in [9.17, 15) is 13.2 Å². The molecule has 0 aromatic heterocycles. The Morgan fingerprint density at radius 1 is 1.15 bits per heavy atom. The molecule has 2 rings (SSSR count). The van der Waals surface area contributed by atoms with E-state index >= 15 is 0 Å². The maximum absolute atomic E-state index is 13.1. The van der Waals surface area contributed by atoms with E-state index in [1.54, 1.807) is 24.3 Å². The van der Waals surface area contributed by atoms with Crippen molar-refractivity contribution >= 4 is 15.9 Å². The fourth-order valence-electron chi connectivity index (χ4n) is 3.71. The highest BCUT2D eigenvalue weighted by molar-refractivity contribution is 7.89. The number of likely N-dealkylation sites (tertiary alicyclic amines) is 1. The van der Waals surface area contributed by atoms with Crippen molar-refractivity contribution in [3.8, 4) is 0 Å². The van der Waals surface area contributed by atoms with Crippen LogP contribution in [0.4, 0.5) is 0 Å². The van der Waals surface area contributed by atoms with Gasteiger partial charge in [0.1, 0.15) is 6.04 Å². The van der Waals surface area contributed by atoms with Crippen molar-refractivity contribution in [2.75, 3.05) is 13.1 Å². The Kier molecular flexibility index (Phi) is 6.86. The molecule has 146 valence electrons. The molecule has 1 aliphatic rings. The maximum atomic E-state index is 13.1. The first-order chi connectivity index (χ1) is 12.1. The second-order valence-corrected chi connectivity index (χ2v) is 10.0. The van der Waals surface area contributed by atoms with Crippen molar-refractivity contribution in [2.24, 2.45) is 17.8 Å². The Labute approximate surface area is 158 Å². The number of rotatable bonds is 6. The van der Waals surface area contributed by atoms with Crippen molar-refractivity contribution < 1.29 is 13.2 Å². The van der Waals surface area contributed by atoms with Gasteiger partial charge in [-0.1, -0.05) is 45.4 Å².